The molecule has 0 aliphatic rings. The van der Waals surface area contributed by atoms with Gasteiger partial charge in [-0.2, -0.15) is 0 Å². The number of rotatable bonds is 6. The van der Waals surface area contributed by atoms with E-state index >= 15 is 0 Å². The molecule has 0 bridgehead atoms. The van der Waals surface area contributed by atoms with Crippen molar-refractivity contribution in [3.8, 4) is 33.4 Å². The SMILES string of the molecule is c1ccc(-c2ccc(N(c3ccc4c(c3)oc3ccccc34)c3ccc4ccccc4c3-c3cccc4ccccc34)c(-c3cccc4ccccc34)c2)cc1. The molecule has 2 nitrogen and oxygen atoms in total. The molecule has 11 rings (SSSR count). The third-order valence-electron chi connectivity index (χ3n) is 11.3. The van der Waals surface area contributed by atoms with Crippen LogP contribution in [-0.4, -0.2) is 0 Å². The zero-order valence-corrected chi connectivity index (χ0v) is 30.6. The van der Waals surface area contributed by atoms with Gasteiger partial charge >= 0.3 is 0 Å². The van der Waals surface area contributed by atoms with Gasteiger partial charge in [0, 0.05) is 33.7 Å². The maximum absolute atomic E-state index is 6.58. The van der Waals surface area contributed by atoms with Crippen molar-refractivity contribution in [2.24, 2.45) is 0 Å². The quantitative estimate of drug-likeness (QED) is 0.171. The minimum Gasteiger partial charge on any atom is -0.456 e. The first-order valence-corrected chi connectivity index (χ1v) is 19.2. The summed E-state index contributed by atoms with van der Waals surface area (Å²) in [5.74, 6) is 0. The molecule has 0 unspecified atom stereocenters. The van der Waals surface area contributed by atoms with E-state index in [4.69, 9.17) is 4.42 Å². The monoisotopic (exact) mass is 713 g/mol. The van der Waals surface area contributed by atoms with E-state index in [2.05, 4.69) is 211 Å². The zero-order chi connectivity index (χ0) is 37.0. The van der Waals surface area contributed by atoms with E-state index in [1.54, 1.807) is 0 Å². The minimum atomic E-state index is 0.855. The number of anilines is 3. The van der Waals surface area contributed by atoms with Gasteiger partial charge < -0.3 is 9.32 Å². The first-order chi connectivity index (χ1) is 27.8. The van der Waals surface area contributed by atoms with Crippen LogP contribution in [0, 0.1) is 0 Å². The highest BCUT2D eigenvalue weighted by Gasteiger charge is 2.25. The van der Waals surface area contributed by atoms with E-state index in [0.29, 0.717) is 0 Å². The molecule has 0 saturated heterocycles. The Hall–Kier alpha value is -7.42. The molecule has 10 aromatic carbocycles. The fourth-order valence-electron chi connectivity index (χ4n) is 8.65. The molecule has 56 heavy (non-hydrogen) atoms. The van der Waals surface area contributed by atoms with Crippen molar-refractivity contribution in [2.75, 3.05) is 4.90 Å². The molecule has 2 heteroatoms. The van der Waals surface area contributed by atoms with Crippen LogP contribution in [0.1, 0.15) is 0 Å². The van der Waals surface area contributed by atoms with Gasteiger partial charge in [0.2, 0.25) is 0 Å². The second-order valence-electron chi connectivity index (χ2n) is 14.4. The lowest BCUT2D eigenvalue weighted by Gasteiger charge is -2.31. The minimum absolute atomic E-state index is 0.855. The van der Waals surface area contributed by atoms with Crippen molar-refractivity contribution < 1.29 is 4.42 Å². The van der Waals surface area contributed by atoms with Gasteiger partial charge in [0.05, 0.1) is 11.4 Å². The second-order valence-corrected chi connectivity index (χ2v) is 14.4. The lowest BCUT2D eigenvalue weighted by atomic mass is 9.90. The molecule has 0 saturated carbocycles. The van der Waals surface area contributed by atoms with E-state index in [1.807, 2.05) is 6.07 Å². The molecule has 262 valence electrons. The summed E-state index contributed by atoms with van der Waals surface area (Å²) in [5, 5.41) is 9.46. The highest BCUT2D eigenvalue weighted by Crippen LogP contribution is 2.50. The number of hydrogen-bond donors (Lipinski definition) is 0. The Morgan fingerprint density at radius 1 is 0.304 bits per heavy atom. The van der Waals surface area contributed by atoms with Crippen LogP contribution < -0.4 is 4.90 Å². The maximum Gasteiger partial charge on any atom is 0.137 e. The summed E-state index contributed by atoms with van der Waals surface area (Å²) in [6.45, 7) is 0. The summed E-state index contributed by atoms with van der Waals surface area (Å²) in [6.07, 6.45) is 0. The fourth-order valence-corrected chi connectivity index (χ4v) is 8.65. The fraction of sp³-hybridized carbons (Fsp3) is 0. The highest BCUT2D eigenvalue weighted by molar-refractivity contribution is 6.13. The average molecular weight is 714 g/mol. The molecule has 0 amide bonds. The summed E-state index contributed by atoms with van der Waals surface area (Å²) in [6, 6.07) is 76.7. The van der Waals surface area contributed by atoms with Crippen LogP contribution >= 0.6 is 0 Å². The molecule has 0 fully saturated rings. The molecule has 11 aromatic rings. The molecule has 0 aliphatic heterocycles. The smallest absolute Gasteiger partial charge is 0.137 e. The van der Waals surface area contributed by atoms with Gasteiger partial charge in [0.1, 0.15) is 11.2 Å². The van der Waals surface area contributed by atoms with Crippen molar-refractivity contribution >= 4 is 71.3 Å². The maximum atomic E-state index is 6.58. The van der Waals surface area contributed by atoms with Crippen LogP contribution in [0.4, 0.5) is 17.1 Å². The number of benzene rings is 10. The van der Waals surface area contributed by atoms with Crippen LogP contribution in [0.5, 0.6) is 0 Å². The van der Waals surface area contributed by atoms with E-state index in [0.717, 1.165) is 50.1 Å². The largest absolute Gasteiger partial charge is 0.456 e. The van der Waals surface area contributed by atoms with Gasteiger partial charge in [-0.25, -0.2) is 0 Å². The molecular formula is C54H35NO. The molecule has 1 heterocycles. The Morgan fingerprint density at radius 2 is 0.875 bits per heavy atom. The van der Waals surface area contributed by atoms with Crippen molar-refractivity contribution in [2.45, 2.75) is 0 Å². The highest BCUT2D eigenvalue weighted by atomic mass is 16.3. The molecule has 0 radical (unpaired) electrons. The standard InChI is InChI=1S/C54H35NO/c1-2-14-36(15-3-1)40-29-32-50(49(34-40)45-25-12-19-37-16-4-7-21-42(37)45)55(41-30-31-47-46-24-10-11-27-52(46)56-53(47)35-41)51-33-28-39-18-6-9-23-44(39)54(51)48-26-13-20-38-17-5-8-22-43(38)48/h1-35H. The summed E-state index contributed by atoms with van der Waals surface area (Å²) in [5.41, 5.74) is 12.0. The molecule has 1 aromatic heterocycles. The Morgan fingerprint density at radius 3 is 1.64 bits per heavy atom. The normalized spacial score (nSPS) is 11.6. The van der Waals surface area contributed by atoms with Crippen LogP contribution in [0.25, 0.3) is 87.6 Å². The van der Waals surface area contributed by atoms with Crippen molar-refractivity contribution in [1.29, 1.82) is 0 Å². The van der Waals surface area contributed by atoms with Crippen molar-refractivity contribution in [3.05, 3.63) is 212 Å². The van der Waals surface area contributed by atoms with E-state index in [9.17, 15) is 0 Å². The van der Waals surface area contributed by atoms with Crippen LogP contribution in [0.2, 0.25) is 0 Å². The number of para-hydroxylation sites is 1. The number of hydrogen-bond acceptors (Lipinski definition) is 2. The predicted molar refractivity (Wildman–Crippen MR) is 237 cm³/mol. The summed E-state index contributed by atoms with van der Waals surface area (Å²) in [7, 11) is 0. The molecule has 0 N–H and O–H groups in total. The second kappa shape index (κ2) is 13.2. The number of furan rings is 1. The molecule has 0 spiro atoms. The Labute approximate surface area is 325 Å². The van der Waals surface area contributed by atoms with Crippen LogP contribution in [0.3, 0.4) is 0 Å². The van der Waals surface area contributed by atoms with Gasteiger partial charge in [0.25, 0.3) is 0 Å². The lowest BCUT2D eigenvalue weighted by Crippen LogP contribution is -2.13. The van der Waals surface area contributed by atoms with Gasteiger partial charge in [-0.15, -0.1) is 0 Å². The zero-order valence-electron chi connectivity index (χ0n) is 30.6. The third kappa shape index (κ3) is 5.26. The van der Waals surface area contributed by atoms with Gasteiger partial charge in [-0.3, -0.25) is 0 Å². The van der Waals surface area contributed by atoms with Crippen molar-refractivity contribution in [3.63, 3.8) is 0 Å². The third-order valence-corrected chi connectivity index (χ3v) is 11.3. The number of fused-ring (bicyclic) bond motifs is 6. The van der Waals surface area contributed by atoms with Crippen LogP contribution in [-0.2, 0) is 0 Å². The predicted octanol–water partition coefficient (Wildman–Crippen LogP) is 15.5. The molecule has 0 aliphatic carbocycles. The topological polar surface area (TPSA) is 16.4 Å². The van der Waals surface area contributed by atoms with Crippen molar-refractivity contribution in [1.82, 2.24) is 0 Å². The Kier molecular flexibility index (Phi) is 7.53. The average Bonchev–Trinajstić information content (AvgIpc) is 3.64. The van der Waals surface area contributed by atoms with E-state index in [1.165, 1.54) is 54.6 Å². The van der Waals surface area contributed by atoms with Gasteiger partial charge in [-0.05, 0) is 91.0 Å². The summed E-state index contributed by atoms with van der Waals surface area (Å²) in [4.78, 5) is 2.46. The van der Waals surface area contributed by atoms with E-state index in [-0.39, 0.29) is 0 Å². The van der Waals surface area contributed by atoms with Crippen LogP contribution in [0.15, 0.2) is 217 Å². The first-order valence-electron chi connectivity index (χ1n) is 19.2. The van der Waals surface area contributed by atoms with Gasteiger partial charge in [-0.1, -0.05) is 170 Å². The Balaban J connectivity index is 1.27. The molecular weight excluding hydrogens is 679 g/mol. The lowest BCUT2D eigenvalue weighted by molar-refractivity contribution is 0.669. The summed E-state index contributed by atoms with van der Waals surface area (Å²) >= 11 is 0. The first kappa shape index (κ1) is 32.0. The Bertz CT molecular complexity index is 3260. The van der Waals surface area contributed by atoms with E-state index < -0.39 is 0 Å². The number of nitrogens with zero attached hydrogens (tertiary/aromatic N) is 1. The summed E-state index contributed by atoms with van der Waals surface area (Å²) < 4.78 is 6.58. The molecule has 0 atom stereocenters. The van der Waals surface area contributed by atoms with Gasteiger partial charge in [0.15, 0.2) is 0 Å².